The van der Waals surface area contributed by atoms with Gasteiger partial charge in [0.15, 0.2) is 0 Å². The summed E-state index contributed by atoms with van der Waals surface area (Å²) in [7, 11) is 1.62. The number of methoxy groups -OCH3 is 1. The Morgan fingerprint density at radius 1 is 1.26 bits per heavy atom. The van der Waals surface area contributed by atoms with Gasteiger partial charge in [-0.15, -0.1) is 12.4 Å². The minimum atomic E-state index is -0.694. The van der Waals surface area contributed by atoms with Crippen molar-refractivity contribution in [1.29, 1.82) is 0 Å². The molecule has 1 aliphatic rings. The third-order valence-corrected chi connectivity index (χ3v) is 4.24. The first-order valence-corrected chi connectivity index (χ1v) is 7.90. The topological polar surface area (TPSA) is 59.6 Å². The molecule has 0 bridgehead atoms. The molecule has 1 saturated heterocycles. The Morgan fingerprint density at radius 3 is 2.52 bits per heavy atom. The monoisotopic (exact) mass is 342 g/mol. The van der Waals surface area contributed by atoms with Gasteiger partial charge in [-0.25, -0.2) is 0 Å². The molecule has 2 N–H and O–H groups in total. The lowest BCUT2D eigenvalue weighted by atomic mass is 9.91. The molecule has 0 unspecified atom stereocenters. The van der Waals surface area contributed by atoms with E-state index in [9.17, 15) is 4.79 Å². The molecular formula is C17H27ClN2O3. The molecule has 0 radical (unpaired) electrons. The van der Waals surface area contributed by atoms with Gasteiger partial charge in [-0.3, -0.25) is 4.79 Å². The van der Waals surface area contributed by atoms with Crippen molar-refractivity contribution in [1.82, 2.24) is 10.6 Å². The van der Waals surface area contributed by atoms with Crippen LogP contribution in [0.5, 0.6) is 0 Å². The molecule has 0 aliphatic carbocycles. The summed E-state index contributed by atoms with van der Waals surface area (Å²) in [5.74, 6) is -0.0253. The van der Waals surface area contributed by atoms with Gasteiger partial charge in [-0.2, -0.15) is 0 Å². The predicted molar refractivity (Wildman–Crippen MR) is 92.7 cm³/mol. The molecule has 5 nitrogen and oxygen atoms in total. The van der Waals surface area contributed by atoms with Crippen LogP contribution in [0.2, 0.25) is 0 Å². The third kappa shape index (κ3) is 5.18. The van der Waals surface area contributed by atoms with Crippen LogP contribution < -0.4 is 10.6 Å². The summed E-state index contributed by atoms with van der Waals surface area (Å²) in [6.07, 6.45) is 1.41. The fourth-order valence-electron chi connectivity index (χ4n) is 2.77. The molecule has 0 saturated carbocycles. The van der Waals surface area contributed by atoms with Crippen molar-refractivity contribution in [3.63, 3.8) is 0 Å². The van der Waals surface area contributed by atoms with Crippen LogP contribution >= 0.6 is 12.4 Å². The second kappa shape index (κ2) is 9.88. The van der Waals surface area contributed by atoms with Gasteiger partial charge >= 0.3 is 0 Å². The lowest BCUT2D eigenvalue weighted by Gasteiger charge is -2.34. The number of carbonyl (C=O) groups excluding carboxylic acids is 1. The summed E-state index contributed by atoms with van der Waals surface area (Å²) in [6.45, 7) is 5.34. The fraction of sp³-hybridized carbons (Fsp3) is 0.588. The van der Waals surface area contributed by atoms with E-state index in [1.54, 1.807) is 7.11 Å². The van der Waals surface area contributed by atoms with Gasteiger partial charge in [0, 0.05) is 20.3 Å². The second-order valence-corrected chi connectivity index (χ2v) is 5.54. The number of benzene rings is 1. The van der Waals surface area contributed by atoms with Crippen LogP contribution in [0.1, 0.15) is 30.9 Å². The van der Waals surface area contributed by atoms with Gasteiger partial charge in [0.25, 0.3) is 5.91 Å². The number of piperidine rings is 1. The number of carbonyl (C=O) groups is 1. The van der Waals surface area contributed by atoms with Gasteiger partial charge in [0.05, 0.1) is 6.61 Å². The Balaban J connectivity index is 0.00000264. The summed E-state index contributed by atoms with van der Waals surface area (Å²) >= 11 is 0. The number of nitrogens with one attached hydrogen (secondary N) is 2. The largest absolute Gasteiger partial charge is 0.377 e. The van der Waals surface area contributed by atoms with Crippen LogP contribution in [0.3, 0.4) is 0 Å². The first-order valence-electron chi connectivity index (χ1n) is 7.90. The van der Waals surface area contributed by atoms with Crippen molar-refractivity contribution in [2.75, 3.05) is 26.8 Å². The molecule has 0 aromatic heterocycles. The summed E-state index contributed by atoms with van der Waals surface area (Å²) in [6, 6.07) is 8.03. The summed E-state index contributed by atoms with van der Waals surface area (Å²) in [5, 5.41) is 6.29. The standard InChI is InChI=1S/C17H26N2O3.ClH/c1-3-22-13-15-7-5-4-6-14(15)12-19-16(20)17(21-2)8-10-18-11-9-17;/h4-7,18H,3,8-13H2,1-2H3,(H,19,20);1H. The SMILES string of the molecule is CCOCc1ccccc1CNC(=O)C1(OC)CCNCC1.Cl. The van der Waals surface area contributed by atoms with Crippen molar-refractivity contribution < 1.29 is 14.3 Å². The molecule has 130 valence electrons. The fourth-order valence-corrected chi connectivity index (χ4v) is 2.77. The number of halogens is 1. The molecule has 1 heterocycles. The minimum absolute atomic E-state index is 0. The molecule has 1 fully saturated rings. The first-order chi connectivity index (χ1) is 10.7. The maximum atomic E-state index is 12.6. The van der Waals surface area contributed by atoms with E-state index in [-0.39, 0.29) is 18.3 Å². The van der Waals surface area contributed by atoms with E-state index >= 15 is 0 Å². The minimum Gasteiger partial charge on any atom is -0.377 e. The molecule has 2 rings (SSSR count). The zero-order chi connectivity index (χ0) is 15.8. The average molecular weight is 343 g/mol. The van der Waals surface area contributed by atoms with E-state index < -0.39 is 5.60 Å². The van der Waals surface area contributed by atoms with Crippen molar-refractivity contribution >= 4 is 18.3 Å². The number of hydrogen-bond acceptors (Lipinski definition) is 4. The predicted octanol–water partition coefficient (Wildman–Crippen LogP) is 2.03. The third-order valence-electron chi connectivity index (χ3n) is 4.24. The first kappa shape index (κ1) is 19.9. The number of hydrogen-bond donors (Lipinski definition) is 2. The van der Waals surface area contributed by atoms with Gasteiger partial charge in [0.1, 0.15) is 5.60 Å². The maximum Gasteiger partial charge on any atom is 0.252 e. The van der Waals surface area contributed by atoms with E-state index in [4.69, 9.17) is 9.47 Å². The highest BCUT2D eigenvalue weighted by Crippen LogP contribution is 2.23. The van der Waals surface area contributed by atoms with Crippen LogP contribution in [-0.4, -0.2) is 38.3 Å². The second-order valence-electron chi connectivity index (χ2n) is 5.54. The van der Waals surface area contributed by atoms with E-state index in [1.165, 1.54) is 0 Å². The van der Waals surface area contributed by atoms with Gasteiger partial charge in [0.2, 0.25) is 0 Å². The highest BCUT2D eigenvalue weighted by Gasteiger charge is 2.39. The zero-order valence-corrected chi connectivity index (χ0v) is 14.7. The molecule has 0 spiro atoms. The summed E-state index contributed by atoms with van der Waals surface area (Å²) < 4.78 is 11.0. The van der Waals surface area contributed by atoms with Gasteiger partial charge in [-0.05, 0) is 44.0 Å². The van der Waals surface area contributed by atoms with E-state index in [0.29, 0.717) is 32.6 Å². The Morgan fingerprint density at radius 2 is 1.91 bits per heavy atom. The molecule has 1 aliphatic heterocycles. The number of amides is 1. The smallest absolute Gasteiger partial charge is 0.252 e. The maximum absolute atomic E-state index is 12.6. The highest BCUT2D eigenvalue weighted by atomic mass is 35.5. The molecule has 6 heteroatoms. The normalized spacial score (nSPS) is 16.4. The van der Waals surface area contributed by atoms with Gasteiger partial charge < -0.3 is 20.1 Å². The molecule has 23 heavy (non-hydrogen) atoms. The summed E-state index contributed by atoms with van der Waals surface area (Å²) in [4.78, 5) is 12.6. The van der Waals surface area contributed by atoms with Crippen molar-refractivity contribution in [3.8, 4) is 0 Å². The molecule has 1 aromatic rings. The Labute approximate surface area is 144 Å². The molecule has 1 aromatic carbocycles. The number of rotatable bonds is 7. The van der Waals surface area contributed by atoms with E-state index in [2.05, 4.69) is 10.6 Å². The lowest BCUT2D eigenvalue weighted by Crippen LogP contribution is -2.54. The van der Waals surface area contributed by atoms with Gasteiger partial charge in [-0.1, -0.05) is 24.3 Å². The van der Waals surface area contributed by atoms with E-state index in [1.807, 2.05) is 31.2 Å². The Bertz CT molecular complexity index is 490. The summed E-state index contributed by atoms with van der Waals surface area (Å²) in [5.41, 5.74) is 1.51. The van der Waals surface area contributed by atoms with Crippen LogP contribution in [0.25, 0.3) is 0 Å². The van der Waals surface area contributed by atoms with Crippen molar-refractivity contribution in [3.05, 3.63) is 35.4 Å². The highest BCUT2D eigenvalue weighted by molar-refractivity contribution is 5.85. The lowest BCUT2D eigenvalue weighted by molar-refractivity contribution is -0.146. The van der Waals surface area contributed by atoms with Crippen molar-refractivity contribution in [2.24, 2.45) is 0 Å². The van der Waals surface area contributed by atoms with Crippen LogP contribution in [0.4, 0.5) is 0 Å². The van der Waals surface area contributed by atoms with Crippen LogP contribution in [0, 0.1) is 0 Å². The van der Waals surface area contributed by atoms with Crippen LogP contribution in [0.15, 0.2) is 24.3 Å². The molecule has 1 amide bonds. The average Bonchev–Trinajstić information content (AvgIpc) is 2.59. The van der Waals surface area contributed by atoms with Crippen molar-refractivity contribution in [2.45, 2.75) is 38.5 Å². The van der Waals surface area contributed by atoms with E-state index in [0.717, 1.165) is 24.2 Å². The Hall–Kier alpha value is -1.14. The molecule has 0 atom stereocenters. The number of ether oxygens (including phenoxy) is 2. The van der Waals surface area contributed by atoms with Crippen LogP contribution in [-0.2, 0) is 27.4 Å². The quantitative estimate of drug-likeness (QED) is 0.796. The Kier molecular flexibility index (Phi) is 8.55. The molecular weight excluding hydrogens is 316 g/mol. The zero-order valence-electron chi connectivity index (χ0n) is 13.9.